The summed E-state index contributed by atoms with van der Waals surface area (Å²) in [5.74, 6) is 0.411. The number of rotatable bonds is 4. The van der Waals surface area contributed by atoms with Crippen molar-refractivity contribution in [1.29, 1.82) is 0 Å². The molecule has 0 bridgehead atoms. The number of nitrogens with one attached hydrogen (secondary N) is 2. The molecule has 0 atom stereocenters. The van der Waals surface area contributed by atoms with Crippen LogP contribution in [0.25, 0.3) is 43.3 Å². The van der Waals surface area contributed by atoms with E-state index in [0.29, 0.717) is 17.1 Å². The molecule has 0 aliphatic carbocycles. The van der Waals surface area contributed by atoms with Crippen molar-refractivity contribution in [3.63, 3.8) is 0 Å². The number of carbonyl (C=O) groups excluding carboxylic acids is 1. The van der Waals surface area contributed by atoms with Crippen molar-refractivity contribution in [2.45, 2.75) is 6.92 Å². The molecular formula is C29H22N4O2S. The molecule has 36 heavy (non-hydrogen) atoms. The predicted octanol–water partition coefficient (Wildman–Crippen LogP) is 7.91. The summed E-state index contributed by atoms with van der Waals surface area (Å²) in [6, 6.07) is 23.3. The zero-order chi connectivity index (χ0) is 24.6. The summed E-state index contributed by atoms with van der Waals surface area (Å²) in [5, 5.41) is 9.75. The maximum atomic E-state index is 12.4. The molecule has 0 saturated carbocycles. The lowest BCUT2D eigenvalue weighted by atomic mass is 10.0. The second kappa shape index (κ2) is 8.87. The third-order valence-electron chi connectivity index (χ3n) is 6.12. The molecule has 6 rings (SSSR count). The Labute approximate surface area is 211 Å². The van der Waals surface area contributed by atoms with Crippen molar-refractivity contribution >= 4 is 55.6 Å². The van der Waals surface area contributed by atoms with E-state index in [1.54, 1.807) is 23.8 Å². The van der Waals surface area contributed by atoms with Gasteiger partial charge in [0.1, 0.15) is 11.4 Å². The maximum absolute atomic E-state index is 12.4. The average molecular weight is 491 g/mol. The number of furan rings is 1. The first-order valence-corrected chi connectivity index (χ1v) is 12.3. The Kier molecular flexibility index (Phi) is 5.39. The molecule has 6 nitrogen and oxygen atoms in total. The molecule has 0 spiro atoms. The summed E-state index contributed by atoms with van der Waals surface area (Å²) in [6.07, 6.45) is 3.47. The molecule has 3 aromatic carbocycles. The van der Waals surface area contributed by atoms with Gasteiger partial charge in [0.05, 0.1) is 11.6 Å². The lowest BCUT2D eigenvalue weighted by molar-refractivity contribution is 0.262. The first-order valence-electron chi connectivity index (χ1n) is 11.4. The van der Waals surface area contributed by atoms with Crippen LogP contribution >= 0.6 is 11.3 Å². The van der Waals surface area contributed by atoms with E-state index in [0.717, 1.165) is 38.9 Å². The van der Waals surface area contributed by atoms with Crippen molar-refractivity contribution in [2.24, 2.45) is 0 Å². The molecule has 7 heteroatoms. The Hall–Kier alpha value is -4.62. The van der Waals surface area contributed by atoms with Gasteiger partial charge in [0.25, 0.3) is 0 Å². The van der Waals surface area contributed by atoms with Gasteiger partial charge >= 0.3 is 6.03 Å². The number of amides is 2. The number of nitrogens with two attached hydrogens (primary N) is 1. The lowest BCUT2D eigenvalue weighted by Gasteiger charge is -2.09. The summed E-state index contributed by atoms with van der Waals surface area (Å²) in [5.41, 5.74) is 13.2. The highest BCUT2D eigenvalue weighted by Crippen LogP contribution is 2.39. The zero-order valence-electron chi connectivity index (χ0n) is 19.4. The van der Waals surface area contributed by atoms with Gasteiger partial charge in [0.2, 0.25) is 0 Å². The van der Waals surface area contributed by atoms with Crippen molar-refractivity contribution < 1.29 is 9.21 Å². The van der Waals surface area contributed by atoms with Crippen LogP contribution in [0.3, 0.4) is 0 Å². The number of pyridine rings is 1. The first kappa shape index (κ1) is 21.9. The molecule has 176 valence electrons. The van der Waals surface area contributed by atoms with Crippen molar-refractivity contribution in [3.05, 3.63) is 96.2 Å². The fourth-order valence-corrected chi connectivity index (χ4v) is 5.14. The minimum Gasteiger partial charge on any atom is -0.463 e. The number of nitrogens with zero attached hydrogens (tertiary/aromatic N) is 1. The number of carbonyl (C=O) groups is 1. The van der Waals surface area contributed by atoms with Crippen LogP contribution in [0.5, 0.6) is 0 Å². The topological polar surface area (TPSA) is 93.2 Å². The van der Waals surface area contributed by atoms with E-state index in [1.807, 2.05) is 55.5 Å². The van der Waals surface area contributed by atoms with Gasteiger partial charge in [-0.25, -0.2) is 9.78 Å². The molecular weight excluding hydrogens is 468 g/mol. The third kappa shape index (κ3) is 4.06. The number of aromatic nitrogens is 1. The predicted molar refractivity (Wildman–Crippen MR) is 148 cm³/mol. The molecule has 0 aliphatic heterocycles. The number of hydrogen-bond donors (Lipinski definition) is 3. The monoisotopic (exact) mass is 490 g/mol. The fourth-order valence-electron chi connectivity index (χ4n) is 4.37. The number of anilines is 3. The summed E-state index contributed by atoms with van der Waals surface area (Å²) in [6.45, 7) is 1.98. The van der Waals surface area contributed by atoms with Gasteiger partial charge in [-0.2, -0.15) is 0 Å². The summed E-state index contributed by atoms with van der Waals surface area (Å²) in [4.78, 5) is 16.9. The van der Waals surface area contributed by atoms with Crippen LogP contribution in [-0.2, 0) is 0 Å². The first-order chi connectivity index (χ1) is 17.5. The number of benzene rings is 3. The molecule has 0 fully saturated rings. The van der Waals surface area contributed by atoms with Gasteiger partial charge in [-0.3, -0.25) is 0 Å². The number of urea groups is 1. The van der Waals surface area contributed by atoms with Crippen molar-refractivity contribution in [1.82, 2.24) is 4.98 Å². The normalized spacial score (nSPS) is 11.1. The van der Waals surface area contributed by atoms with E-state index in [1.165, 1.54) is 10.1 Å². The number of thiophene rings is 1. The maximum Gasteiger partial charge on any atom is 0.323 e. The number of hydrogen-bond acceptors (Lipinski definition) is 5. The highest BCUT2D eigenvalue weighted by Gasteiger charge is 2.17. The minimum absolute atomic E-state index is 0.303. The largest absolute Gasteiger partial charge is 0.463 e. The molecule has 0 unspecified atom stereocenters. The highest BCUT2D eigenvalue weighted by atomic mass is 32.1. The number of aryl methyl sites for hydroxylation is 1. The second-order valence-electron chi connectivity index (χ2n) is 8.61. The van der Waals surface area contributed by atoms with Crippen LogP contribution < -0.4 is 16.4 Å². The fraction of sp³-hybridized carbons (Fsp3) is 0.0345. The molecule has 4 N–H and O–H groups in total. The molecule has 2 amide bonds. The van der Waals surface area contributed by atoms with Crippen molar-refractivity contribution in [2.75, 3.05) is 16.4 Å². The molecule has 6 aromatic rings. The van der Waals surface area contributed by atoms with E-state index in [4.69, 9.17) is 10.2 Å². The average Bonchev–Trinajstić information content (AvgIpc) is 3.52. The van der Waals surface area contributed by atoms with Gasteiger partial charge < -0.3 is 20.8 Å². The molecule has 0 saturated heterocycles. The van der Waals surface area contributed by atoms with E-state index < -0.39 is 0 Å². The molecule has 3 aromatic heterocycles. The molecule has 0 aliphatic rings. The molecule has 0 radical (unpaired) electrons. The lowest BCUT2D eigenvalue weighted by Crippen LogP contribution is -2.19. The van der Waals surface area contributed by atoms with Crippen LogP contribution in [-0.4, -0.2) is 11.0 Å². The summed E-state index contributed by atoms with van der Waals surface area (Å²) in [7, 11) is 0. The molecule has 3 heterocycles. The zero-order valence-corrected chi connectivity index (χ0v) is 20.2. The quantitative estimate of drug-likeness (QED) is 0.234. The smallest absolute Gasteiger partial charge is 0.323 e. The Morgan fingerprint density at radius 1 is 0.917 bits per heavy atom. The van der Waals surface area contributed by atoms with E-state index in [2.05, 4.69) is 45.3 Å². The van der Waals surface area contributed by atoms with Crippen LogP contribution in [0, 0.1) is 6.92 Å². The Balaban J connectivity index is 1.28. The second-order valence-corrected chi connectivity index (χ2v) is 9.56. The van der Waals surface area contributed by atoms with Crippen molar-refractivity contribution in [3.8, 4) is 22.3 Å². The Morgan fingerprint density at radius 2 is 1.72 bits per heavy atom. The number of fused-ring (bicyclic) bond motifs is 2. The van der Waals surface area contributed by atoms with Gasteiger partial charge in [0, 0.05) is 33.4 Å². The van der Waals surface area contributed by atoms with Crippen LogP contribution in [0.1, 0.15) is 5.56 Å². The summed E-state index contributed by atoms with van der Waals surface area (Å²) >= 11 is 1.71. The van der Waals surface area contributed by atoms with E-state index in [-0.39, 0.29) is 6.03 Å². The van der Waals surface area contributed by atoms with E-state index in [9.17, 15) is 4.79 Å². The SMILES string of the molecule is Cc1cccc(NC(=O)Nc2ccc(-c3coc4c(-c5ccc6sccc6c5)cnc(N)c34)cc2)c1. The van der Waals surface area contributed by atoms with Crippen LogP contribution in [0.4, 0.5) is 22.0 Å². The van der Waals surface area contributed by atoms with Gasteiger partial charge in [-0.1, -0.05) is 30.3 Å². The summed E-state index contributed by atoms with van der Waals surface area (Å²) < 4.78 is 7.27. The number of nitrogen functional groups attached to an aromatic ring is 1. The van der Waals surface area contributed by atoms with Gasteiger partial charge in [0.15, 0.2) is 0 Å². The Morgan fingerprint density at radius 3 is 2.56 bits per heavy atom. The standard InChI is InChI=1S/C29H22N4O2S/c1-17-3-2-4-22(13-17)33-29(34)32-21-8-5-18(6-9-21)24-16-35-27-23(15-31-28(30)26(24)27)19-7-10-25-20(14-19)11-12-36-25/h2-16H,1H3,(H2,30,31)(H2,32,33,34). The highest BCUT2D eigenvalue weighted by molar-refractivity contribution is 7.17. The minimum atomic E-state index is -0.303. The van der Waals surface area contributed by atoms with Gasteiger partial charge in [-0.05, 0) is 76.8 Å². The Bertz CT molecular complexity index is 1730. The van der Waals surface area contributed by atoms with Gasteiger partial charge in [-0.15, -0.1) is 11.3 Å². The van der Waals surface area contributed by atoms with Crippen LogP contribution in [0.2, 0.25) is 0 Å². The third-order valence-corrected chi connectivity index (χ3v) is 7.02. The van der Waals surface area contributed by atoms with Crippen LogP contribution in [0.15, 0.2) is 95.1 Å². The van der Waals surface area contributed by atoms with E-state index >= 15 is 0 Å².